The molecular weight excluding hydrogens is 215 g/mol. The molecule has 0 spiro atoms. The molecule has 0 bridgehead atoms. The topological polar surface area (TPSA) is 17.1 Å². The smallest absolute Gasteiger partial charge is 0.132 e. The highest BCUT2D eigenvalue weighted by Gasteiger charge is 1.99. The number of rotatable bonds is 3. The monoisotopic (exact) mass is 240 g/mol. The van der Waals surface area contributed by atoms with Gasteiger partial charge in [-0.05, 0) is 18.1 Å². The molecular formula is C15H25FO. The van der Waals surface area contributed by atoms with Gasteiger partial charge in [0.1, 0.15) is 11.6 Å². The molecule has 0 radical (unpaired) electrons. The first-order valence-corrected chi connectivity index (χ1v) is 6.28. The Kier molecular flexibility index (Phi) is 13.8. The Morgan fingerprint density at radius 1 is 1.18 bits per heavy atom. The van der Waals surface area contributed by atoms with Crippen molar-refractivity contribution in [2.75, 3.05) is 0 Å². The summed E-state index contributed by atoms with van der Waals surface area (Å²) in [6.45, 7) is 10.0. The highest BCUT2D eigenvalue weighted by molar-refractivity contribution is 5.78. The molecule has 1 nitrogen and oxygen atoms in total. The summed E-state index contributed by atoms with van der Waals surface area (Å²) in [4.78, 5) is 10.6. The van der Waals surface area contributed by atoms with Gasteiger partial charge >= 0.3 is 0 Å². The Bertz CT molecular complexity index is 268. The number of carbonyl (C=O) groups is 1. The molecule has 1 rings (SSSR count). The first kappa shape index (κ1) is 18.2. The molecule has 1 aromatic rings. The van der Waals surface area contributed by atoms with Crippen LogP contribution in [0.25, 0.3) is 0 Å². The number of hydrogen-bond acceptors (Lipinski definition) is 1. The fraction of sp³-hybridized carbons (Fsp3) is 0.533. The Balaban J connectivity index is 0. The largest absolute Gasteiger partial charge is 0.300 e. The van der Waals surface area contributed by atoms with E-state index in [4.69, 9.17) is 0 Å². The molecule has 0 atom stereocenters. The predicted molar refractivity (Wildman–Crippen MR) is 72.5 cm³/mol. The standard InChI is InChI=1S/C7H14O.C6H5F.C2H6/c1-4-7(8)5-6(2)3;7-6-4-2-1-3-5-6;1-2/h6H,4-5H2,1-3H3;1-5H;1-2H3. The summed E-state index contributed by atoms with van der Waals surface area (Å²) < 4.78 is 11.9. The normalized spacial score (nSPS) is 8.65. The summed E-state index contributed by atoms with van der Waals surface area (Å²) in [5, 5.41) is 0. The molecule has 0 amide bonds. The van der Waals surface area contributed by atoms with E-state index in [0.717, 1.165) is 6.42 Å². The fourth-order valence-electron chi connectivity index (χ4n) is 1.01. The highest BCUT2D eigenvalue weighted by Crippen LogP contribution is 2.01. The summed E-state index contributed by atoms with van der Waals surface area (Å²) in [5.74, 6) is 0.727. The van der Waals surface area contributed by atoms with Crippen molar-refractivity contribution in [2.24, 2.45) is 5.92 Å². The highest BCUT2D eigenvalue weighted by atomic mass is 19.1. The number of halogens is 1. The van der Waals surface area contributed by atoms with Gasteiger partial charge in [0, 0.05) is 12.8 Å². The van der Waals surface area contributed by atoms with E-state index < -0.39 is 0 Å². The van der Waals surface area contributed by atoms with E-state index in [2.05, 4.69) is 13.8 Å². The summed E-state index contributed by atoms with van der Waals surface area (Å²) in [7, 11) is 0. The lowest BCUT2D eigenvalue weighted by Crippen LogP contribution is -1.99. The average molecular weight is 240 g/mol. The number of benzene rings is 1. The first-order chi connectivity index (χ1) is 8.06. The third kappa shape index (κ3) is 14.8. The number of carbonyl (C=O) groups excluding carboxylic acids is 1. The molecule has 2 heteroatoms. The van der Waals surface area contributed by atoms with E-state index in [1.54, 1.807) is 18.2 Å². The van der Waals surface area contributed by atoms with E-state index in [1.165, 1.54) is 12.1 Å². The molecule has 0 heterocycles. The van der Waals surface area contributed by atoms with Crippen LogP contribution in [0.1, 0.15) is 47.5 Å². The van der Waals surface area contributed by atoms with Gasteiger partial charge in [-0.15, -0.1) is 0 Å². The van der Waals surface area contributed by atoms with Crippen molar-refractivity contribution >= 4 is 5.78 Å². The van der Waals surface area contributed by atoms with Crippen molar-refractivity contribution in [2.45, 2.75) is 47.5 Å². The van der Waals surface area contributed by atoms with Gasteiger partial charge < -0.3 is 0 Å². The molecule has 17 heavy (non-hydrogen) atoms. The Morgan fingerprint density at radius 3 is 1.82 bits per heavy atom. The lowest BCUT2D eigenvalue weighted by molar-refractivity contribution is -0.119. The Morgan fingerprint density at radius 2 is 1.65 bits per heavy atom. The second kappa shape index (κ2) is 12.9. The molecule has 1 aromatic carbocycles. The second-order valence-corrected chi connectivity index (χ2v) is 3.79. The SMILES string of the molecule is CC.CCC(=O)CC(C)C.Fc1ccccc1. The van der Waals surface area contributed by atoms with Gasteiger partial charge in [0.25, 0.3) is 0 Å². The van der Waals surface area contributed by atoms with Crippen LogP contribution < -0.4 is 0 Å². The van der Waals surface area contributed by atoms with Crippen molar-refractivity contribution in [3.63, 3.8) is 0 Å². The maximum absolute atomic E-state index is 11.9. The quantitative estimate of drug-likeness (QED) is 0.737. The Hall–Kier alpha value is -1.18. The van der Waals surface area contributed by atoms with E-state index >= 15 is 0 Å². The van der Waals surface area contributed by atoms with E-state index in [9.17, 15) is 9.18 Å². The van der Waals surface area contributed by atoms with Crippen LogP contribution in [0.3, 0.4) is 0 Å². The maximum atomic E-state index is 11.9. The molecule has 0 aliphatic rings. The summed E-state index contributed by atoms with van der Waals surface area (Å²) in [5.41, 5.74) is 0. The van der Waals surface area contributed by atoms with Crippen LogP contribution >= 0.6 is 0 Å². The van der Waals surface area contributed by atoms with Gasteiger partial charge in [-0.3, -0.25) is 4.79 Å². The van der Waals surface area contributed by atoms with Gasteiger partial charge in [-0.1, -0.05) is 52.8 Å². The third-order valence-corrected chi connectivity index (χ3v) is 1.76. The van der Waals surface area contributed by atoms with Crippen molar-refractivity contribution in [1.82, 2.24) is 0 Å². The molecule has 0 aliphatic heterocycles. The summed E-state index contributed by atoms with van der Waals surface area (Å²) in [6.07, 6.45) is 1.44. The molecule has 0 fully saturated rings. The average Bonchev–Trinajstić information content (AvgIpc) is 2.32. The van der Waals surface area contributed by atoms with Crippen LogP contribution in [0.15, 0.2) is 30.3 Å². The minimum absolute atomic E-state index is 0.178. The van der Waals surface area contributed by atoms with E-state index in [1.807, 2.05) is 20.8 Å². The van der Waals surface area contributed by atoms with Gasteiger partial charge in [-0.2, -0.15) is 0 Å². The van der Waals surface area contributed by atoms with Gasteiger partial charge in [0.15, 0.2) is 0 Å². The molecule has 0 saturated carbocycles. The second-order valence-electron chi connectivity index (χ2n) is 3.79. The zero-order valence-electron chi connectivity index (χ0n) is 11.7. The van der Waals surface area contributed by atoms with Crippen LogP contribution in [-0.2, 0) is 4.79 Å². The van der Waals surface area contributed by atoms with Crippen LogP contribution in [0.2, 0.25) is 0 Å². The molecule has 0 aliphatic carbocycles. The van der Waals surface area contributed by atoms with Gasteiger partial charge in [-0.25, -0.2) is 4.39 Å². The Labute approximate surface area is 105 Å². The van der Waals surface area contributed by atoms with Crippen molar-refractivity contribution < 1.29 is 9.18 Å². The fourth-order valence-corrected chi connectivity index (χ4v) is 1.01. The third-order valence-electron chi connectivity index (χ3n) is 1.76. The molecule has 0 unspecified atom stereocenters. The predicted octanol–water partition coefficient (Wildman–Crippen LogP) is 4.86. The van der Waals surface area contributed by atoms with E-state index in [-0.39, 0.29) is 5.82 Å². The summed E-state index contributed by atoms with van der Waals surface area (Å²) in [6, 6.07) is 7.94. The zero-order chi connectivity index (χ0) is 13.7. The van der Waals surface area contributed by atoms with Crippen molar-refractivity contribution in [3.8, 4) is 0 Å². The lowest BCUT2D eigenvalue weighted by Gasteiger charge is -1.98. The summed E-state index contributed by atoms with van der Waals surface area (Å²) >= 11 is 0. The molecule has 0 N–H and O–H groups in total. The minimum atomic E-state index is -0.178. The first-order valence-electron chi connectivity index (χ1n) is 6.28. The lowest BCUT2D eigenvalue weighted by atomic mass is 10.1. The molecule has 0 aromatic heterocycles. The number of Topliss-reactive ketones (excluding diaryl/α,β-unsaturated/α-hetero) is 1. The van der Waals surface area contributed by atoms with Crippen LogP contribution in [0, 0.1) is 11.7 Å². The van der Waals surface area contributed by atoms with E-state index in [0.29, 0.717) is 18.1 Å². The molecule has 0 saturated heterocycles. The van der Waals surface area contributed by atoms with Gasteiger partial charge in [0.05, 0.1) is 0 Å². The number of ketones is 1. The van der Waals surface area contributed by atoms with Crippen molar-refractivity contribution in [3.05, 3.63) is 36.1 Å². The van der Waals surface area contributed by atoms with Crippen LogP contribution in [-0.4, -0.2) is 5.78 Å². The zero-order valence-corrected chi connectivity index (χ0v) is 11.7. The molecule has 98 valence electrons. The van der Waals surface area contributed by atoms with Crippen LogP contribution in [0.5, 0.6) is 0 Å². The maximum Gasteiger partial charge on any atom is 0.132 e. The minimum Gasteiger partial charge on any atom is -0.300 e. The van der Waals surface area contributed by atoms with Crippen LogP contribution in [0.4, 0.5) is 4.39 Å². The number of hydrogen-bond donors (Lipinski definition) is 0. The van der Waals surface area contributed by atoms with Gasteiger partial charge in [0.2, 0.25) is 0 Å². The van der Waals surface area contributed by atoms with Crippen molar-refractivity contribution in [1.29, 1.82) is 0 Å².